The van der Waals surface area contributed by atoms with E-state index in [1.54, 1.807) is 0 Å². The zero-order valence-corrected chi connectivity index (χ0v) is 33.5. The highest BCUT2D eigenvalue weighted by Crippen LogP contribution is 2.67. The standard InChI is InChI=1S/C17H6Cl21O/c1-4(39)8-6(10(20,21)13(26,27)16(33,34)35)2-5(9(18,19)12(24,25)15(30,31)32)3-7(8)11(22,23)14(28,29)17(36,37)38/h2-4H,1H3. The Labute approximate surface area is 329 Å². The van der Waals surface area contributed by atoms with Crippen LogP contribution in [0.3, 0.4) is 0 Å². The van der Waals surface area contributed by atoms with Crippen LogP contribution in [0.25, 0.3) is 0 Å². The second kappa shape index (κ2) is 13.3. The first-order valence-electron chi connectivity index (χ1n) is 8.98. The number of halogens is 21. The fourth-order valence-electron chi connectivity index (χ4n) is 2.85. The fourth-order valence-corrected chi connectivity index (χ4v) is 7.31. The quantitative estimate of drug-likeness (QED) is 0.243. The molecule has 0 bridgehead atoms. The molecule has 0 aliphatic rings. The predicted molar refractivity (Wildman–Crippen MR) is 180 cm³/mol. The van der Waals surface area contributed by atoms with E-state index in [-0.39, 0.29) is 0 Å². The molecule has 39 heavy (non-hydrogen) atoms. The van der Waals surface area contributed by atoms with Gasteiger partial charge in [-0.1, -0.05) is 244 Å². The van der Waals surface area contributed by atoms with Crippen molar-refractivity contribution in [2.24, 2.45) is 0 Å². The first kappa shape index (κ1) is 42.3. The van der Waals surface area contributed by atoms with Crippen LogP contribution in [0.4, 0.5) is 0 Å². The summed E-state index contributed by atoms with van der Waals surface area (Å²) in [5, 5.41) is 13.1. The van der Waals surface area contributed by atoms with E-state index in [1.165, 1.54) is 0 Å². The van der Waals surface area contributed by atoms with Gasteiger partial charge in [-0.3, -0.25) is 0 Å². The van der Waals surface area contributed by atoms with Crippen LogP contribution in [-0.4, -0.2) is 24.4 Å². The molecular weight excluding hydrogens is 965 g/mol. The molecule has 1 rings (SSSR count). The van der Waals surface area contributed by atoms with Crippen molar-refractivity contribution in [1.82, 2.24) is 0 Å². The molecule has 1 radical (unpaired) electrons. The SMILES string of the molecule is CC([O])c1c(C(Cl)(Cl)C(Cl)(Cl)C(Cl)(Cl)Cl)cc(C(Cl)(Cl)C(Cl)(Cl)C(Cl)(Cl)Cl)cc1C(Cl)(Cl)C(Cl)(Cl)C(Cl)(Cl)Cl. The Morgan fingerprint density at radius 3 is 0.897 bits per heavy atom. The van der Waals surface area contributed by atoms with Gasteiger partial charge in [-0.2, -0.15) is 0 Å². The molecule has 0 amide bonds. The zero-order chi connectivity index (χ0) is 31.8. The van der Waals surface area contributed by atoms with E-state index in [0.717, 1.165) is 19.1 Å². The molecule has 0 heterocycles. The van der Waals surface area contributed by atoms with Crippen molar-refractivity contribution in [2.45, 2.75) is 50.4 Å². The van der Waals surface area contributed by atoms with Crippen LogP contribution in [-0.2, 0) is 18.1 Å². The normalized spacial score (nSPS) is 16.5. The van der Waals surface area contributed by atoms with Gasteiger partial charge < -0.3 is 0 Å². The number of hydrogen-bond donors (Lipinski definition) is 0. The van der Waals surface area contributed by atoms with Crippen LogP contribution in [0.15, 0.2) is 12.1 Å². The molecule has 1 aromatic rings. The molecule has 1 nitrogen and oxygen atoms in total. The summed E-state index contributed by atoms with van der Waals surface area (Å²) in [7, 11) is 0. The van der Waals surface area contributed by atoms with E-state index in [4.69, 9.17) is 244 Å². The van der Waals surface area contributed by atoms with E-state index in [9.17, 15) is 5.11 Å². The summed E-state index contributed by atoms with van der Waals surface area (Å²) in [5.41, 5.74) is -2.11. The fraction of sp³-hybridized carbons (Fsp3) is 0.647. The molecule has 0 aromatic heterocycles. The highest BCUT2D eigenvalue weighted by Gasteiger charge is 2.66. The van der Waals surface area contributed by atoms with Crippen LogP contribution in [0.5, 0.6) is 0 Å². The Hall–Kier alpha value is 5.27. The summed E-state index contributed by atoms with van der Waals surface area (Å²) in [6, 6.07) is 1.87. The van der Waals surface area contributed by atoms with Crippen LogP contribution in [0, 0.1) is 0 Å². The lowest BCUT2D eigenvalue weighted by atomic mass is 9.87. The van der Waals surface area contributed by atoms with Gasteiger partial charge in [0.2, 0.25) is 24.4 Å². The second-order valence-corrected chi connectivity index (χ2v) is 22.4. The van der Waals surface area contributed by atoms with E-state index in [2.05, 4.69) is 0 Å². The highest BCUT2D eigenvalue weighted by atomic mass is 35.6. The third-order valence-corrected chi connectivity index (χ3v) is 16.7. The number of hydrogen-bond acceptors (Lipinski definition) is 0. The van der Waals surface area contributed by atoms with Crippen molar-refractivity contribution >= 4 is 244 Å². The van der Waals surface area contributed by atoms with Crippen LogP contribution < -0.4 is 0 Å². The maximum atomic E-state index is 13.1. The highest BCUT2D eigenvalue weighted by molar-refractivity contribution is 6.80. The number of benzene rings is 1. The molecule has 0 spiro atoms. The maximum absolute atomic E-state index is 13.1. The van der Waals surface area contributed by atoms with Gasteiger partial charge in [0.1, 0.15) is 6.10 Å². The summed E-state index contributed by atoms with van der Waals surface area (Å²) in [6.45, 7) is 1.08. The van der Waals surface area contributed by atoms with Gasteiger partial charge in [-0.15, -0.1) is 0 Å². The Bertz CT molecular complexity index is 997. The van der Waals surface area contributed by atoms with Crippen LogP contribution in [0.2, 0.25) is 0 Å². The number of rotatable bonds is 7. The molecule has 22 heteroatoms. The Morgan fingerprint density at radius 1 is 0.462 bits per heavy atom. The largest absolute Gasteiger partial charge is 0.228 e. The Kier molecular flexibility index (Phi) is 14.4. The number of alkyl halides is 21. The molecule has 0 N–H and O–H groups in total. The van der Waals surface area contributed by atoms with Crippen molar-refractivity contribution in [3.05, 3.63) is 34.4 Å². The lowest BCUT2D eigenvalue weighted by Gasteiger charge is -2.44. The zero-order valence-electron chi connectivity index (χ0n) is 17.6. The lowest BCUT2D eigenvalue weighted by Crippen LogP contribution is -2.49. The molecular formula is C17H6Cl21O. The van der Waals surface area contributed by atoms with Gasteiger partial charge in [-0.25, -0.2) is 5.11 Å². The van der Waals surface area contributed by atoms with Crippen molar-refractivity contribution in [3.63, 3.8) is 0 Å². The van der Waals surface area contributed by atoms with Crippen molar-refractivity contribution in [2.75, 3.05) is 0 Å². The van der Waals surface area contributed by atoms with Crippen molar-refractivity contribution in [1.29, 1.82) is 0 Å². The van der Waals surface area contributed by atoms with Gasteiger partial charge in [0.05, 0.1) is 0 Å². The molecule has 0 aliphatic carbocycles. The maximum Gasteiger partial charge on any atom is 0.226 e. The summed E-state index contributed by atoms with van der Waals surface area (Å²) >= 11 is 131. The average Bonchev–Trinajstić information content (AvgIpc) is 2.69. The first-order chi connectivity index (χ1) is 16.7. The van der Waals surface area contributed by atoms with E-state index in [0.29, 0.717) is 0 Å². The lowest BCUT2D eigenvalue weighted by molar-refractivity contribution is 0.104. The summed E-state index contributed by atoms with van der Waals surface area (Å²) < 4.78 is -24.2. The molecule has 227 valence electrons. The molecule has 1 unspecified atom stereocenters. The van der Waals surface area contributed by atoms with Gasteiger partial charge in [0, 0.05) is 0 Å². The van der Waals surface area contributed by atoms with E-state index < -0.39 is 65.7 Å². The summed E-state index contributed by atoms with van der Waals surface area (Å²) in [6.07, 6.45) is -1.87. The summed E-state index contributed by atoms with van der Waals surface area (Å²) in [5.74, 6) is 0. The van der Waals surface area contributed by atoms with Crippen molar-refractivity contribution < 1.29 is 5.11 Å². The molecule has 1 atom stereocenters. The minimum Gasteiger partial charge on any atom is -0.228 e. The van der Waals surface area contributed by atoms with E-state index in [1.807, 2.05) is 0 Å². The van der Waals surface area contributed by atoms with Crippen LogP contribution in [0.1, 0.15) is 35.3 Å². The molecule has 0 fully saturated rings. The minimum absolute atomic E-state index is 0.463. The molecule has 0 saturated carbocycles. The van der Waals surface area contributed by atoms with Crippen molar-refractivity contribution in [3.8, 4) is 0 Å². The monoisotopic (exact) mass is 960 g/mol. The van der Waals surface area contributed by atoms with E-state index >= 15 is 0 Å². The third kappa shape index (κ3) is 7.79. The minimum atomic E-state index is -2.75. The smallest absolute Gasteiger partial charge is 0.226 e. The summed E-state index contributed by atoms with van der Waals surface area (Å²) in [4.78, 5) is 0. The Morgan fingerprint density at radius 2 is 0.692 bits per heavy atom. The second-order valence-electron chi connectivity index (χ2n) is 7.57. The van der Waals surface area contributed by atoms with Crippen LogP contribution >= 0.6 is 244 Å². The average molecular weight is 971 g/mol. The predicted octanol–water partition coefficient (Wildman–Crippen LogP) is 14.7. The third-order valence-electron chi connectivity index (χ3n) is 4.88. The molecule has 0 saturated heterocycles. The first-order valence-corrected chi connectivity index (χ1v) is 16.9. The van der Waals surface area contributed by atoms with Gasteiger partial charge in [0.15, 0.2) is 13.0 Å². The van der Waals surface area contributed by atoms with Gasteiger partial charge in [-0.05, 0) is 41.3 Å². The molecule has 0 aliphatic heterocycles. The topological polar surface area (TPSA) is 19.9 Å². The Balaban J connectivity index is 4.56. The van der Waals surface area contributed by atoms with Gasteiger partial charge >= 0.3 is 0 Å². The van der Waals surface area contributed by atoms with Gasteiger partial charge in [0.25, 0.3) is 0 Å². The molecule has 1 aromatic carbocycles.